The van der Waals surface area contributed by atoms with E-state index in [4.69, 9.17) is 49.8 Å². The number of benzene rings is 3. The fraction of sp³-hybridized carbons (Fsp3) is 0.356. The molecule has 3 fully saturated rings. The summed E-state index contributed by atoms with van der Waals surface area (Å²) in [5, 5.41) is 9.38. The molecule has 1 amide bonds. The minimum Gasteiger partial charge on any atom is -0.342 e. The average Bonchev–Trinajstić information content (AvgIpc) is 3.73. The fourth-order valence-electron chi connectivity index (χ4n) is 11.8. The van der Waals surface area contributed by atoms with Crippen molar-refractivity contribution in [2.24, 2.45) is 5.92 Å². The number of aryl methyl sites for hydroxylation is 6. The van der Waals surface area contributed by atoms with E-state index < -0.39 is 0 Å². The van der Waals surface area contributed by atoms with Crippen molar-refractivity contribution in [3.8, 4) is 0 Å². The van der Waals surface area contributed by atoms with E-state index in [-0.39, 0.29) is 5.91 Å². The highest BCUT2D eigenvalue weighted by Gasteiger charge is 2.33. The second-order valence-corrected chi connectivity index (χ2v) is 23.8. The molecule has 3 aliphatic heterocycles. The van der Waals surface area contributed by atoms with Gasteiger partial charge in [0.2, 0.25) is 5.91 Å². The zero-order valence-electron chi connectivity index (χ0n) is 40.5. The maximum Gasteiger partial charge on any atom is 0.219 e. The minimum atomic E-state index is 0.157. The van der Waals surface area contributed by atoms with E-state index in [0.717, 1.165) is 143 Å². The number of piperidine rings is 3. The number of fused-ring (bicyclic) bond motifs is 6. The molecule has 2 N–H and O–H groups in total. The van der Waals surface area contributed by atoms with Gasteiger partial charge in [-0.25, -0.2) is 0 Å². The molecule has 372 valence electrons. The molecule has 0 saturated carbocycles. The van der Waals surface area contributed by atoms with Crippen molar-refractivity contribution < 1.29 is 4.79 Å². The van der Waals surface area contributed by atoms with Gasteiger partial charge in [0.15, 0.2) is 0 Å². The Morgan fingerprint density at radius 1 is 0.528 bits per heavy atom. The lowest BCUT2D eigenvalue weighted by molar-refractivity contribution is -0.129. The molecule has 3 aromatic carbocycles. The predicted octanol–water partition coefficient (Wildman–Crippen LogP) is 14.5. The molecule has 7 nitrogen and oxygen atoms in total. The van der Waals surface area contributed by atoms with Crippen molar-refractivity contribution in [3.05, 3.63) is 198 Å². The summed E-state index contributed by atoms with van der Waals surface area (Å²) in [6.45, 7) is 7.52. The van der Waals surface area contributed by atoms with Gasteiger partial charge in [0.1, 0.15) is 0 Å². The number of carbonyl (C=O) groups excluding carboxylic acids is 1. The number of likely N-dealkylation sites (tertiary alicyclic amines) is 1. The summed E-state index contributed by atoms with van der Waals surface area (Å²) in [4.78, 5) is 28.1. The molecular weight excluding hydrogens is 1150 g/mol. The number of amides is 1. The van der Waals surface area contributed by atoms with Gasteiger partial charge in [0.25, 0.3) is 0 Å². The SMILES string of the molecule is CC(=O)N1CCC(=C2c3ccc(Cl)cc3CCc3cc(Br)cnc32)CC1.Clc1ccc2c(c1)CCc1cc(Br)cnc1C2=C1CCNCC1.Clc1ccc2c(c1)CCc1cc(Br)cnc1C2C1CCNCC1. The Morgan fingerprint density at radius 3 is 1.53 bits per heavy atom. The number of rotatable bonds is 1. The monoisotopic (exact) mass is 1210 g/mol. The molecule has 6 heterocycles. The highest BCUT2D eigenvalue weighted by atomic mass is 79.9. The Morgan fingerprint density at radius 2 is 0.972 bits per heavy atom. The standard InChI is InChI=1S/C21H20BrClN2O.C19H20BrClN2.C19H18BrClN2/c1-13(26)25-8-6-14(7-9-25)20-19-5-4-18(23)11-15(19)2-3-16-10-17(22)12-24-21(16)20;2*20-15-9-14-2-1-13-10-16(21)3-4-17(13)18(19(14)23-11-15)12-5-7-22-8-6-12/h4-5,10-12H,2-3,6-9H2,1H3;3-4,9-12,18,22H,1-2,5-8H2;3-4,9-11,22H,1-2,5-8H2. The summed E-state index contributed by atoms with van der Waals surface area (Å²) < 4.78 is 3.13. The van der Waals surface area contributed by atoms with E-state index in [1.54, 1.807) is 6.92 Å². The number of nitrogens with zero attached hydrogens (tertiary/aromatic N) is 4. The summed E-state index contributed by atoms with van der Waals surface area (Å²) in [5.41, 5.74) is 21.0. The first-order valence-electron chi connectivity index (χ1n) is 25.4. The molecule has 1 atom stereocenters. The molecule has 3 saturated heterocycles. The Balaban J connectivity index is 0.000000125. The van der Waals surface area contributed by atoms with Crippen LogP contribution in [0.15, 0.2) is 116 Å². The summed E-state index contributed by atoms with van der Waals surface area (Å²) in [6.07, 6.45) is 18.2. The summed E-state index contributed by atoms with van der Waals surface area (Å²) in [6, 6.07) is 25.6. The molecule has 0 radical (unpaired) electrons. The molecule has 0 spiro atoms. The molecule has 13 heteroatoms. The lowest BCUT2D eigenvalue weighted by Crippen LogP contribution is -2.34. The van der Waals surface area contributed by atoms with Crippen LogP contribution in [0.25, 0.3) is 11.1 Å². The zero-order valence-corrected chi connectivity index (χ0v) is 47.5. The number of aromatic nitrogens is 3. The van der Waals surface area contributed by atoms with Crippen molar-refractivity contribution in [2.45, 2.75) is 89.9 Å². The van der Waals surface area contributed by atoms with Crippen LogP contribution in [0, 0.1) is 5.92 Å². The molecule has 6 aromatic rings. The third-order valence-electron chi connectivity index (χ3n) is 15.3. The van der Waals surface area contributed by atoms with Crippen LogP contribution in [-0.2, 0) is 43.3 Å². The number of hydrogen-bond acceptors (Lipinski definition) is 6. The first kappa shape index (κ1) is 51.8. The third kappa shape index (κ3) is 11.7. The molecule has 12 rings (SSSR count). The first-order valence-corrected chi connectivity index (χ1v) is 28.9. The molecule has 1 unspecified atom stereocenters. The van der Waals surface area contributed by atoms with Gasteiger partial charge in [0, 0.05) is 84.2 Å². The van der Waals surface area contributed by atoms with Gasteiger partial charge in [-0.2, -0.15) is 0 Å². The lowest BCUT2D eigenvalue weighted by atomic mass is 9.77. The smallest absolute Gasteiger partial charge is 0.219 e. The van der Waals surface area contributed by atoms with E-state index >= 15 is 0 Å². The van der Waals surface area contributed by atoms with Crippen molar-refractivity contribution in [1.82, 2.24) is 30.5 Å². The third-order valence-corrected chi connectivity index (χ3v) is 17.3. The van der Waals surface area contributed by atoms with Crippen LogP contribution < -0.4 is 10.6 Å². The Labute approximate surface area is 464 Å². The number of carbonyl (C=O) groups is 1. The van der Waals surface area contributed by atoms with Crippen LogP contribution in [-0.4, -0.2) is 65.0 Å². The maximum atomic E-state index is 11.7. The van der Waals surface area contributed by atoms with Crippen LogP contribution in [0.2, 0.25) is 15.1 Å². The van der Waals surface area contributed by atoms with E-state index in [9.17, 15) is 4.79 Å². The van der Waals surface area contributed by atoms with Crippen LogP contribution in [0.4, 0.5) is 0 Å². The van der Waals surface area contributed by atoms with Gasteiger partial charge in [-0.15, -0.1) is 0 Å². The highest BCUT2D eigenvalue weighted by Crippen LogP contribution is 2.44. The fourth-order valence-corrected chi connectivity index (χ4v) is 13.5. The molecule has 0 bridgehead atoms. The van der Waals surface area contributed by atoms with Crippen LogP contribution >= 0.6 is 82.6 Å². The van der Waals surface area contributed by atoms with Gasteiger partial charge >= 0.3 is 0 Å². The Hall–Kier alpha value is -3.71. The number of halogens is 6. The van der Waals surface area contributed by atoms with E-state index in [1.165, 1.54) is 90.9 Å². The number of hydrogen-bond donors (Lipinski definition) is 2. The van der Waals surface area contributed by atoms with Crippen molar-refractivity contribution >= 4 is 99.6 Å². The van der Waals surface area contributed by atoms with Gasteiger partial charge in [-0.1, -0.05) is 64.1 Å². The topological polar surface area (TPSA) is 83.0 Å². The van der Waals surface area contributed by atoms with E-state index in [2.05, 4.69) is 113 Å². The minimum absolute atomic E-state index is 0.157. The van der Waals surface area contributed by atoms with Crippen molar-refractivity contribution in [2.75, 3.05) is 39.3 Å². The zero-order chi connectivity index (χ0) is 49.9. The van der Waals surface area contributed by atoms with Crippen molar-refractivity contribution in [3.63, 3.8) is 0 Å². The van der Waals surface area contributed by atoms with Crippen LogP contribution in [0.5, 0.6) is 0 Å². The lowest BCUT2D eigenvalue weighted by Gasteiger charge is -2.32. The average molecular weight is 1210 g/mol. The number of pyridine rings is 3. The maximum absolute atomic E-state index is 11.7. The van der Waals surface area contributed by atoms with E-state index in [0.29, 0.717) is 11.8 Å². The predicted molar refractivity (Wildman–Crippen MR) is 305 cm³/mol. The quantitative estimate of drug-likeness (QED) is 0.171. The highest BCUT2D eigenvalue weighted by molar-refractivity contribution is 9.11. The van der Waals surface area contributed by atoms with Crippen LogP contribution in [0.3, 0.4) is 0 Å². The van der Waals surface area contributed by atoms with Gasteiger partial charge in [0.05, 0.1) is 17.1 Å². The van der Waals surface area contributed by atoms with E-state index in [1.807, 2.05) is 41.7 Å². The number of nitrogens with one attached hydrogen (secondary N) is 2. The second-order valence-electron chi connectivity index (χ2n) is 19.7. The molecule has 72 heavy (non-hydrogen) atoms. The van der Waals surface area contributed by atoms with Gasteiger partial charge in [-0.05, 0) is 262 Å². The second kappa shape index (κ2) is 23.5. The summed E-state index contributed by atoms with van der Waals surface area (Å²) >= 11 is 29.5. The largest absolute Gasteiger partial charge is 0.342 e. The van der Waals surface area contributed by atoms with Crippen LogP contribution in [0.1, 0.15) is 119 Å². The Kier molecular flexibility index (Phi) is 16.9. The molecule has 6 aliphatic rings. The molecule has 3 aliphatic carbocycles. The molecule has 3 aromatic heterocycles. The Bertz CT molecular complexity index is 2910. The van der Waals surface area contributed by atoms with Gasteiger partial charge < -0.3 is 15.5 Å². The first-order chi connectivity index (χ1) is 35.0. The summed E-state index contributed by atoms with van der Waals surface area (Å²) in [5.74, 6) is 1.21. The summed E-state index contributed by atoms with van der Waals surface area (Å²) in [7, 11) is 0. The molecular formula is C59H58Br3Cl3N6O. The van der Waals surface area contributed by atoms with Crippen molar-refractivity contribution in [1.29, 1.82) is 0 Å². The van der Waals surface area contributed by atoms with Gasteiger partial charge in [-0.3, -0.25) is 19.7 Å². The normalized spacial score (nSPS) is 18.5.